The van der Waals surface area contributed by atoms with E-state index < -0.39 is 0 Å². The minimum Gasteiger partial charge on any atom is -0.337 e. The molecule has 3 heterocycles. The van der Waals surface area contributed by atoms with E-state index in [2.05, 4.69) is 11.0 Å². The fourth-order valence-electron chi connectivity index (χ4n) is 2.92. The molecular weight excluding hydrogens is 310 g/mol. The molecule has 25 heavy (non-hydrogen) atoms. The van der Waals surface area contributed by atoms with Gasteiger partial charge in [-0.2, -0.15) is 5.10 Å². The van der Waals surface area contributed by atoms with Gasteiger partial charge < -0.3 is 4.90 Å². The second-order valence-corrected chi connectivity index (χ2v) is 5.91. The Morgan fingerprint density at radius 3 is 2.20 bits per heavy atom. The predicted molar refractivity (Wildman–Crippen MR) is 99.3 cm³/mol. The summed E-state index contributed by atoms with van der Waals surface area (Å²) in [7, 11) is 0. The third-order valence-corrected chi connectivity index (χ3v) is 4.20. The first-order chi connectivity index (χ1) is 12.3. The van der Waals surface area contributed by atoms with E-state index in [1.807, 2.05) is 65.7 Å². The number of hydrogen-bond acceptors (Lipinski definition) is 2. The summed E-state index contributed by atoms with van der Waals surface area (Å²) in [5, 5.41) is 4.34. The Bertz CT molecular complexity index is 844. The van der Waals surface area contributed by atoms with Crippen LogP contribution in [0.2, 0.25) is 0 Å². The van der Waals surface area contributed by atoms with Crippen LogP contribution in [0.3, 0.4) is 0 Å². The third kappa shape index (κ3) is 3.89. The van der Waals surface area contributed by atoms with Crippen molar-refractivity contribution < 1.29 is 4.79 Å². The highest BCUT2D eigenvalue weighted by Gasteiger charge is 2.24. The first kappa shape index (κ1) is 16.8. The number of hydrogen-bond donors (Lipinski definition) is 0. The summed E-state index contributed by atoms with van der Waals surface area (Å²) < 4.78 is 1.67. The number of pyridine rings is 1. The Morgan fingerprint density at radius 2 is 1.60 bits per heavy atom. The lowest BCUT2D eigenvalue weighted by atomic mass is 10.1. The molecule has 1 amide bonds. The summed E-state index contributed by atoms with van der Waals surface area (Å²) in [6.07, 6.45) is 10.7. The van der Waals surface area contributed by atoms with Crippen LogP contribution in [0.15, 0.2) is 60.8 Å². The lowest BCUT2D eigenvalue weighted by molar-refractivity contribution is 0.0717. The van der Waals surface area contributed by atoms with Gasteiger partial charge in [0.1, 0.15) is 0 Å². The third-order valence-electron chi connectivity index (χ3n) is 4.20. The standard InChI is InChI=1S/C15H15N3O.C6H6/c1-2-12-13-8-4-7-11-18(13)16-14(12)15(19)17-9-5-3-6-10-17;1-2-4-6-5-3-1/h1,4,7-8,11H,3,5-6,9-10H2;1-6H. The Labute approximate surface area is 148 Å². The van der Waals surface area contributed by atoms with Gasteiger partial charge in [0.25, 0.3) is 5.91 Å². The maximum Gasteiger partial charge on any atom is 0.275 e. The molecule has 0 bridgehead atoms. The summed E-state index contributed by atoms with van der Waals surface area (Å²) in [6, 6.07) is 17.7. The van der Waals surface area contributed by atoms with E-state index in [9.17, 15) is 4.79 Å². The zero-order valence-electron chi connectivity index (χ0n) is 14.1. The second-order valence-electron chi connectivity index (χ2n) is 5.91. The van der Waals surface area contributed by atoms with E-state index in [0.717, 1.165) is 31.4 Å². The molecule has 126 valence electrons. The average Bonchev–Trinajstić information content (AvgIpc) is 3.08. The van der Waals surface area contributed by atoms with E-state index in [1.165, 1.54) is 6.42 Å². The molecule has 1 saturated heterocycles. The fraction of sp³-hybridized carbons (Fsp3) is 0.238. The topological polar surface area (TPSA) is 37.6 Å². The number of piperidine rings is 1. The lowest BCUT2D eigenvalue weighted by Crippen LogP contribution is -2.36. The number of terminal acetylenes is 1. The Hall–Kier alpha value is -3.06. The van der Waals surface area contributed by atoms with Crippen molar-refractivity contribution in [1.82, 2.24) is 14.5 Å². The van der Waals surface area contributed by atoms with Gasteiger partial charge in [-0.25, -0.2) is 4.52 Å². The molecule has 0 spiro atoms. The summed E-state index contributed by atoms with van der Waals surface area (Å²) >= 11 is 0. The molecule has 0 atom stereocenters. The van der Waals surface area contributed by atoms with Gasteiger partial charge in [-0.15, -0.1) is 6.42 Å². The number of likely N-dealkylation sites (tertiary alicyclic amines) is 1. The maximum absolute atomic E-state index is 12.5. The number of aromatic nitrogens is 2. The first-order valence-electron chi connectivity index (χ1n) is 8.54. The van der Waals surface area contributed by atoms with E-state index in [0.29, 0.717) is 11.3 Å². The zero-order valence-corrected chi connectivity index (χ0v) is 14.1. The van der Waals surface area contributed by atoms with E-state index in [-0.39, 0.29) is 5.91 Å². The highest BCUT2D eigenvalue weighted by molar-refractivity contribution is 5.97. The number of rotatable bonds is 1. The van der Waals surface area contributed by atoms with Crippen LogP contribution in [-0.2, 0) is 0 Å². The van der Waals surface area contributed by atoms with E-state index >= 15 is 0 Å². The van der Waals surface area contributed by atoms with Gasteiger partial charge in [0, 0.05) is 19.3 Å². The smallest absolute Gasteiger partial charge is 0.275 e. The molecule has 0 saturated carbocycles. The van der Waals surface area contributed by atoms with Crippen molar-refractivity contribution in [3.05, 3.63) is 72.1 Å². The van der Waals surface area contributed by atoms with Crippen LogP contribution in [0.4, 0.5) is 0 Å². The van der Waals surface area contributed by atoms with E-state index in [4.69, 9.17) is 6.42 Å². The molecule has 0 N–H and O–H groups in total. The van der Waals surface area contributed by atoms with Crippen LogP contribution in [-0.4, -0.2) is 33.5 Å². The predicted octanol–water partition coefficient (Wildman–Crippen LogP) is 3.63. The van der Waals surface area contributed by atoms with Crippen LogP contribution in [0.5, 0.6) is 0 Å². The number of carbonyl (C=O) groups is 1. The lowest BCUT2D eigenvalue weighted by Gasteiger charge is -2.25. The van der Waals surface area contributed by atoms with Crippen molar-refractivity contribution in [2.45, 2.75) is 19.3 Å². The van der Waals surface area contributed by atoms with Gasteiger partial charge in [0.15, 0.2) is 5.69 Å². The molecule has 4 heteroatoms. The van der Waals surface area contributed by atoms with Gasteiger partial charge in [-0.05, 0) is 31.4 Å². The van der Waals surface area contributed by atoms with Crippen LogP contribution in [0, 0.1) is 12.3 Å². The fourth-order valence-corrected chi connectivity index (χ4v) is 2.92. The largest absolute Gasteiger partial charge is 0.337 e. The summed E-state index contributed by atoms with van der Waals surface area (Å²) in [6.45, 7) is 1.60. The molecule has 4 rings (SSSR count). The molecule has 0 unspecified atom stereocenters. The normalized spacial score (nSPS) is 13.6. The number of nitrogens with zero attached hydrogens (tertiary/aromatic N) is 3. The molecular formula is C21H21N3O. The van der Waals surface area contributed by atoms with Crippen molar-refractivity contribution >= 4 is 11.4 Å². The highest BCUT2D eigenvalue weighted by atomic mass is 16.2. The summed E-state index contributed by atoms with van der Waals surface area (Å²) in [5.74, 6) is 2.56. The number of amides is 1. The monoisotopic (exact) mass is 331 g/mol. The Balaban J connectivity index is 0.000000258. The Morgan fingerprint density at radius 1 is 0.960 bits per heavy atom. The molecule has 1 aliphatic heterocycles. The molecule has 3 aromatic rings. The number of benzene rings is 1. The van der Waals surface area contributed by atoms with Gasteiger partial charge >= 0.3 is 0 Å². The highest BCUT2D eigenvalue weighted by Crippen LogP contribution is 2.18. The zero-order chi connectivity index (χ0) is 17.5. The maximum atomic E-state index is 12.5. The molecule has 1 fully saturated rings. The molecule has 0 aliphatic carbocycles. The molecule has 1 aliphatic rings. The average molecular weight is 331 g/mol. The van der Waals surface area contributed by atoms with Crippen molar-refractivity contribution in [2.24, 2.45) is 0 Å². The van der Waals surface area contributed by atoms with Gasteiger partial charge in [-0.1, -0.05) is 48.4 Å². The quantitative estimate of drug-likeness (QED) is 0.639. The van der Waals surface area contributed by atoms with Gasteiger partial charge in [0.05, 0.1) is 11.1 Å². The molecule has 1 aromatic carbocycles. The van der Waals surface area contributed by atoms with Crippen LogP contribution < -0.4 is 0 Å². The summed E-state index contributed by atoms with van der Waals surface area (Å²) in [4.78, 5) is 14.4. The van der Waals surface area contributed by atoms with Crippen molar-refractivity contribution in [1.29, 1.82) is 0 Å². The first-order valence-corrected chi connectivity index (χ1v) is 8.54. The molecule has 4 nitrogen and oxygen atoms in total. The van der Waals surface area contributed by atoms with E-state index in [1.54, 1.807) is 4.52 Å². The second kappa shape index (κ2) is 8.16. The van der Waals surface area contributed by atoms with Gasteiger partial charge in [-0.3, -0.25) is 4.79 Å². The van der Waals surface area contributed by atoms with Crippen LogP contribution >= 0.6 is 0 Å². The van der Waals surface area contributed by atoms with Crippen LogP contribution in [0.1, 0.15) is 35.3 Å². The summed E-state index contributed by atoms with van der Waals surface area (Å²) in [5.41, 5.74) is 1.80. The van der Waals surface area contributed by atoms with Crippen molar-refractivity contribution in [3.63, 3.8) is 0 Å². The van der Waals surface area contributed by atoms with Crippen LogP contribution in [0.25, 0.3) is 5.52 Å². The van der Waals surface area contributed by atoms with Crippen molar-refractivity contribution in [2.75, 3.05) is 13.1 Å². The van der Waals surface area contributed by atoms with Crippen molar-refractivity contribution in [3.8, 4) is 12.3 Å². The minimum absolute atomic E-state index is 0.0450. The number of fused-ring (bicyclic) bond motifs is 1. The number of carbonyl (C=O) groups excluding carboxylic acids is 1. The SMILES string of the molecule is C#Cc1c(C(=O)N2CCCCC2)nn2ccccc12.c1ccccc1. The minimum atomic E-state index is -0.0450. The van der Waals surface area contributed by atoms with Gasteiger partial charge in [0.2, 0.25) is 0 Å². The molecule has 0 radical (unpaired) electrons. The Kier molecular flexibility index (Phi) is 5.48. The molecule has 2 aromatic heterocycles.